The zero-order valence-corrected chi connectivity index (χ0v) is 12.1. The highest BCUT2D eigenvalue weighted by Crippen LogP contribution is 2.29. The van der Waals surface area contributed by atoms with Crippen LogP contribution in [0.15, 0.2) is 30.3 Å². The minimum atomic E-state index is -0.588. The number of piperidine rings is 1. The minimum absolute atomic E-state index is 0.0776. The van der Waals surface area contributed by atoms with Crippen molar-refractivity contribution in [1.82, 2.24) is 4.90 Å². The molecule has 5 nitrogen and oxygen atoms in total. The van der Waals surface area contributed by atoms with Crippen molar-refractivity contribution in [2.75, 3.05) is 13.1 Å². The molecule has 1 heterocycles. The second kappa shape index (κ2) is 6.32. The first kappa shape index (κ1) is 14.8. The van der Waals surface area contributed by atoms with E-state index in [1.165, 1.54) is 0 Å². The number of ether oxygens (including phenoxy) is 1. The summed E-state index contributed by atoms with van der Waals surface area (Å²) in [7, 11) is 0. The van der Waals surface area contributed by atoms with Crippen LogP contribution in [0.2, 0.25) is 0 Å². The molecule has 0 bridgehead atoms. The first-order chi connectivity index (χ1) is 10.1. The number of nitrogens with zero attached hydrogens (tertiary/aromatic N) is 1. The van der Waals surface area contributed by atoms with E-state index < -0.39 is 6.10 Å². The number of aliphatic hydroxyl groups excluding tert-OH is 2. The molecule has 0 aromatic heterocycles. The van der Waals surface area contributed by atoms with Gasteiger partial charge in [-0.25, -0.2) is 0 Å². The van der Waals surface area contributed by atoms with Crippen LogP contribution in [0.25, 0.3) is 0 Å². The van der Waals surface area contributed by atoms with Crippen LogP contribution in [0.1, 0.15) is 19.3 Å². The molecule has 4 N–H and O–H groups in total. The number of nitrogens with two attached hydrogens (primary N) is 1. The van der Waals surface area contributed by atoms with Crippen LogP contribution in [0.3, 0.4) is 0 Å². The largest absolute Gasteiger partial charge is 0.488 e. The first-order valence-electron chi connectivity index (χ1n) is 7.72. The predicted molar refractivity (Wildman–Crippen MR) is 80.1 cm³/mol. The molecule has 4 atom stereocenters. The number of hydrogen-bond donors (Lipinski definition) is 3. The first-order valence-corrected chi connectivity index (χ1v) is 7.72. The number of hydrogen-bond acceptors (Lipinski definition) is 5. The fourth-order valence-electron chi connectivity index (χ4n) is 3.48. The van der Waals surface area contributed by atoms with Gasteiger partial charge in [0, 0.05) is 25.6 Å². The summed E-state index contributed by atoms with van der Waals surface area (Å²) in [4.78, 5) is 2.20. The Morgan fingerprint density at radius 3 is 2.43 bits per heavy atom. The lowest BCUT2D eigenvalue weighted by Crippen LogP contribution is -2.53. The maximum absolute atomic E-state index is 10.6. The molecular formula is C16H24N2O3. The fourth-order valence-corrected chi connectivity index (χ4v) is 3.48. The van der Waals surface area contributed by atoms with Crippen molar-refractivity contribution in [2.24, 2.45) is 5.73 Å². The smallest absolute Gasteiger partial charge is 0.128 e. The molecule has 3 rings (SSSR count). The zero-order chi connectivity index (χ0) is 14.8. The lowest BCUT2D eigenvalue weighted by atomic mass is 10.0. The summed E-state index contributed by atoms with van der Waals surface area (Å²) in [5, 5.41) is 20.2. The molecule has 0 spiro atoms. The van der Waals surface area contributed by atoms with Gasteiger partial charge in [0.15, 0.2) is 0 Å². The quantitative estimate of drug-likeness (QED) is 0.749. The molecule has 1 saturated heterocycles. The van der Waals surface area contributed by atoms with Crippen LogP contribution in [0.4, 0.5) is 0 Å². The van der Waals surface area contributed by atoms with Crippen molar-refractivity contribution in [2.45, 2.75) is 49.7 Å². The standard InChI is InChI=1S/C16H24N2O3/c17-13-10-14(21-12-4-2-1-3-5-12)16(20)15(13)18-8-6-11(19)7-9-18/h1-5,11,13-16,19-20H,6-10,17H2/t13-,14-,15+,16+/m1/s1. The van der Waals surface area contributed by atoms with Crippen LogP contribution < -0.4 is 10.5 Å². The third-order valence-electron chi connectivity index (χ3n) is 4.63. The Labute approximate surface area is 125 Å². The summed E-state index contributed by atoms with van der Waals surface area (Å²) in [6.07, 6.45) is 1.09. The highest BCUT2D eigenvalue weighted by molar-refractivity contribution is 5.22. The summed E-state index contributed by atoms with van der Waals surface area (Å²) < 4.78 is 5.89. The van der Waals surface area contributed by atoms with Gasteiger partial charge in [-0.3, -0.25) is 4.90 Å². The monoisotopic (exact) mass is 292 g/mol. The Balaban J connectivity index is 1.64. The van der Waals surface area contributed by atoms with Crippen molar-refractivity contribution in [3.8, 4) is 5.75 Å². The molecule has 1 aliphatic carbocycles. The average Bonchev–Trinajstić information content (AvgIpc) is 2.76. The number of rotatable bonds is 3. The molecule has 1 saturated carbocycles. The van der Waals surface area contributed by atoms with Gasteiger partial charge in [0.25, 0.3) is 0 Å². The van der Waals surface area contributed by atoms with Crippen LogP contribution in [-0.4, -0.2) is 58.6 Å². The van der Waals surface area contributed by atoms with E-state index in [-0.39, 0.29) is 24.3 Å². The summed E-state index contributed by atoms with van der Waals surface area (Å²) in [5.41, 5.74) is 6.23. The Hall–Kier alpha value is -1.14. The van der Waals surface area contributed by atoms with E-state index in [0.717, 1.165) is 31.7 Å². The average molecular weight is 292 g/mol. The summed E-state index contributed by atoms with van der Waals surface area (Å²) >= 11 is 0. The van der Waals surface area contributed by atoms with Gasteiger partial charge in [0.05, 0.1) is 12.1 Å². The highest BCUT2D eigenvalue weighted by Gasteiger charge is 2.45. The van der Waals surface area contributed by atoms with E-state index in [9.17, 15) is 10.2 Å². The maximum atomic E-state index is 10.6. The number of aliphatic hydroxyl groups is 2. The van der Waals surface area contributed by atoms with E-state index in [1.54, 1.807) is 0 Å². The Morgan fingerprint density at radius 1 is 1.10 bits per heavy atom. The van der Waals surface area contributed by atoms with Crippen molar-refractivity contribution in [3.05, 3.63) is 30.3 Å². The lowest BCUT2D eigenvalue weighted by Gasteiger charge is -2.37. The van der Waals surface area contributed by atoms with Gasteiger partial charge >= 0.3 is 0 Å². The van der Waals surface area contributed by atoms with E-state index in [4.69, 9.17) is 10.5 Å². The Morgan fingerprint density at radius 2 is 1.76 bits per heavy atom. The second-order valence-corrected chi connectivity index (χ2v) is 6.12. The van der Waals surface area contributed by atoms with Crippen molar-refractivity contribution in [3.63, 3.8) is 0 Å². The zero-order valence-electron chi connectivity index (χ0n) is 12.1. The van der Waals surface area contributed by atoms with Crippen LogP contribution in [0.5, 0.6) is 5.75 Å². The molecule has 5 heteroatoms. The lowest BCUT2D eigenvalue weighted by molar-refractivity contribution is -0.0129. The molecule has 1 aromatic rings. The van der Waals surface area contributed by atoms with Crippen molar-refractivity contribution >= 4 is 0 Å². The SMILES string of the molecule is N[C@@H]1C[C@@H](Oc2ccccc2)[C@H](O)[C@H]1N1CCC(O)CC1. The van der Waals surface area contributed by atoms with Crippen molar-refractivity contribution in [1.29, 1.82) is 0 Å². The molecule has 2 aliphatic rings. The van der Waals surface area contributed by atoms with E-state index in [1.807, 2.05) is 30.3 Å². The number of likely N-dealkylation sites (tertiary alicyclic amines) is 1. The van der Waals surface area contributed by atoms with Gasteiger partial charge in [0.1, 0.15) is 18.0 Å². The molecule has 21 heavy (non-hydrogen) atoms. The molecular weight excluding hydrogens is 268 g/mol. The summed E-state index contributed by atoms with van der Waals surface area (Å²) in [6.45, 7) is 1.57. The van der Waals surface area contributed by atoms with Gasteiger partial charge in [-0.15, -0.1) is 0 Å². The molecule has 2 fully saturated rings. The second-order valence-electron chi connectivity index (χ2n) is 6.12. The van der Waals surface area contributed by atoms with Gasteiger partial charge in [-0.05, 0) is 25.0 Å². The molecule has 0 amide bonds. The van der Waals surface area contributed by atoms with E-state index >= 15 is 0 Å². The molecule has 1 aliphatic heterocycles. The third-order valence-corrected chi connectivity index (χ3v) is 4.63. The Kier molecular flexibility index (Phi) is 4.45. The van der Waals surface area contributed by atoms with E-state index in [0.29, 0.717) is 6.42 Å². The minimum Gasteiger partial charge on any atom is -0.488 e. The molecule has 116 valence electrons. The normalized spacial score (nSPS) is 35.0. The van der Waals surface area contributed by atoms with Gasteiger partial charge in [-0.1, -0.05) is 18.2 Å². The van der Waals surface area contributed by atoms with Crippen LogP contribution in [0, 0.1) is 0 Å². The fraction of sp³-hybridized carbons (Fsp3) is 0.625. The molecule has 0 radical (unpaired) electrons. The number of benzene rings is 1. The van der Waals surface area contributed by atoms with E-state index in [2.05, 4.69) is 4.90 Å². The van der Waals surface area contributed by atoms with Gasteiger partial charge in [-0.2, -0.15) is 0 Å². The Bertz CT molecular complexity index is 448. The van der Waals surface area contributed by atoms with Gasteiger partial charge < -0.3 is 20.7 Å². The number of para-hydroxylation sites is 1. The molecule has 0 unspecified atom stereocenters. The van der Waals surface area contributed by atoms with Crippen molar-refractivity contribution < 1.29 is 14.9 Å². The summed E-state index contributed by atoms with van der Waals surface area (Å²) in [6, 6.07) is 9.38. The van der Waals surface area contributed by atoms with Crippen LogP contribution in [-0.2, 0) is 0 Å². The summed E-state index contributed by atoms with van der Waals surface area (Å²) in [5.74, 6) is 0.767. The molecule has 1 aromatic carbocycles. The topological polar surface area (TPSA) is 79.0 Å². The highest BCUT2D eigenvalue weighted by atomic mass is 16.5. The third kappa shape index (κ3) is 3.21. The van der Waals surface area contributed by atoms with Gasteiger partial charge in [0.2, 0.25) is 0 Å². The maximum Gasteiger partial charge on any atom is 0.128 e. The van der Waals surface area contributed by atoms with Crippen LogP contribution >= 0.6 is 0 Å². The predicted octanol–water partition coefficient (Wildman–Crippen LogP) is 0.351.